The van der Waals surface area contributed by atoms with Crippen molar-refractivity contribution in [1.82, 2.24) is 14.7 Å². The number of hydrogen-bond donors (Lipinski definition) is 1. The Morgan fingerprint density at radius 3 is 2.65 bits per heavy atom. The van der Waals surface area contributed by atoms with Gasteiger partial charge in [-0.3, -0.25) is 4.40 Å². The van der Waals surface area contributed by atoms with E-state index in [1.165, 1.54) is 0 Å². The first-order chi connectivity index (χ1) is 7.93. The Kier molecular flexibility index (Phi) is 2.20. The Labute approximate surface area is 106 Å². The first-order valence-corrected chi connectivity index (χ1v) is 6.95. The molecule has 92 valence electrons. The Hall–Kier alpha value is -0.870. The van der Waals surface area contributed by atoms with Crippen LogP contribution >= 0.6 is 11.3 Å². The van der Waals surface area contributed by atoms with Crippen LogP contribution in [0.3, 0.4) is 0 Å². The number of hydrogen-bond acceptors (Lipinski definition) is 3. The lowest BCUT2D eigenvalue weighted by Gasteiger charge is -2.03. The molecule has 0 radical (unpaired) electrons. The van der Waals surface area contributed by atoms with Crippen molar-refractivity contribution in [3.8, 4) is 0 Å². The lowest BCUT2D eigenvalue weighted by atomic mass is 10.0. The first-order valence-electron chi connectivity index (χ1n) is 6.07. The van der Waals surface area contributed by atoms with E-state index in [9.17, 15) is 0 Å². The van der Waals surface area contributed by atoms with E-state index in [1.54, 1.807) is 11.3 Å². The van der Waals surface area contributed by atoms with E-state index >= 15 is 0 Å². The van der Waals surface area contributed by atoms with Crippen LogP contribution in [0.2, 0.25) is 0 Å². The van der Waals surface area contributed by atoms with E-state index in [1.807, 2.05) is 0 Å². The molecule has 0 aliphatic heterocycles. The van der Waals surface area contributed by atoms with Crippen molar-refractivity contribution in [1.29, 1.82) is 0 Å². The standard InChI is InChI=1S/C13H19N3S/c1-12(2)10(13(12,3)4)14-7-9-8-16-5-6-17-11(16)15-9/h5-6,8,10,14H,7H2,1-4H3. The van der Waals surface area contributed by atoms with Crippen LogP contribution < -0.4 is 5.32 Å². The molecular weight excluding hydrogens is 230 g/mol. The molecule has 1 saturated carbocycles. The van der Waals surface area contributed by atoms with E-state index in [2.05, 4.69) is 60.2 Å². The molecular formula is C13H19N3S. The summed E-state index contributed by atoms with van der Waals surface area (Å²) in [5.74, 6) is 0. The zero-order valence-corrected chi connectivity index (χ0v) is 11.6. The van der Waals surface area contributed by atoms with Gasteiger partial charge in [0.05, 0.1) is 5.69 Å². The van der Waals surface area contributed by atoms with Crippen LogP contribution in [0, 0.1) is 10.8 Å². The largest absolute Gasteiger partial charge is 0.307 e. The van der Waals surface area contributed by atoms with Crippen LogP contribution in [-0.4, -0.2) is 15.4 Å². The minimum atomic E-state index is 0.393. The van der Waals surface area contributed by atoms with Gasteiger partial charge in [0, 0.05) is 30.4 Å². The molecule has 4 heteroatoms. The van der Waals surface area contributed by atoms with Gasteiger partial charge in [-0.15, -0.1) is 11.3 Å². The summed E-state index contributed by atoms with van der Waals surface area (Å²) in [6.07, 6.45) is 4.17. The zero-order chi connectivity index (χ0) is 12.3. The summed E-state index contributed by atoms with van der Waals surface area (Å²) in [4.78, 5) is 5.67. The van der Waals surface area contributed by atoms with E-state index in [4.69, 9.17) is 0 Å². The molecule has 3 nitrogen and oxygen atoms in total. The third-order valence-electron chi connectivity index (χ3n) is 4.65. The summed E-state index contributed by atoms with van der Waals surface area (Å²) in [6.45, 7) is 10.2. The monoisotopic (exact) mass is 249 g/mol. The number of thiazole rings is 1. The highest BCUT2D eigenvalue weighted by molar-refractivity contribution is 7.15. The summed E-state index contributed by atoms with van der Waals surface area (Å²) in [6, 6.07) is 0.592. The average Bonchev–Trinajstić information content (AvgIpc) is 2.66. The van der Waals surface area contributed by atoms with E-state index < -0.39 is 0 Å². The van der Waals surface area contributed by atoms with Crippen molar-refractivity contribution in [2.75, 3.05) is 0 Å². The normalized spacial score (nSPS) is 22.1. The van der Waals surface area contributed by atoms with Crippen LogP contribution in [-0.2, 0) is 6.54 Å². The molecule has 0 amide bonds. The third-order valence-corrected chi connectivity index (χ3v) is 5.42. The summed E-state index contributed by atoms with van der Waals surface area (Å²) in [5, 5.41) is 5.70. The van der Waals surface area contributed by atoms with Gasteiger partial charge in [-0.1, -0.05) is 27.7 Å². The number of nitrogens with one attached hydrogen (secondary N) is 1. The first kappa shape index (κ1) is 11.2. The SMILES string of the molecule is CC1(C)C(NCc2cn3ccsc3n2)C1(C)C. The highest BCUT2D eigenvalue weighted by atomic mass is 32.1. The van der Waals surface area contributed by atoms with E-state index in [0.29, 0.717) is 16.9 Å². The summed E-state index contributed by atoms with van der Waals surface area (Å²) >= 11 is 1.68. The summed E-state index contributed by atoms with van der Waals surface area (Å²) in [5.41, 5.74) is 1.92. The predicted octanol–water partition coefficient (Wildman–Crippen LogP) is 2.92. The van der Waals surface area contributed by atoms with Crippen molar-refractivity contribution in [3.63, 3.8) is 0 Å². The fourth-order valence-electron chi connectivity index (χ4n) is 2.77. The van der Waals surface area contributed by atoms with Gasteiger partial charge < -0.3 is 5.32 Å². The second kappa shape index (κ2) is 3.33. The highest BCUT2D eigenvalue weighted by Gasteiger charge is 2.64. The maximum atomic E-state index is 4.59. The number of imidazole rings is 1. The molecule has 2 aromatic rings. The average molecular weight is 249 g/mol. The van der Waals surface area contributed by atoms with Gasteiger partial charge in [0.1, 0.15) is 0 Å². The molecule has 3 rings (SSSR count). The Bertz CT molecular complexity index is 507. The Morgan fingerprint density at radius 1 is 1.35 bits per heavy atom. The molecule has 1 aliphatic rings. The molecule has 2 heterocycles. The molecule has 0 unspecified atom stereocenters. The van der Waals surface area contributed by atoms with Gasteiger partial charge in [0.25, 0.3) is 0 Å². The quantitative estimate of drug-likeness (QED) is 0.906. The van der Waals surface area contributed by atoms with Crippen molar-refractivity contribution < 1.29 is 0 Å². The van der Waals surface area contributed by atoms with Gasteiger partial charge >= 0.3 is 0 Å². The number of rotatable bonds is 3. The van der Waals surface area contributed by atoms with E-state index in [0.717, 1.165) is 17.2 Å². The molecule has 2 aromatic heterocycles. The van der Waals surface area contributed by atoms with Crippen LogP contribution in [0.25, 0.3) is 4.96 Å². The van der Waals surface area contributed by atoms with Crippen molar-refractivity contribution >= 4 is 16.3 Å². The highest BCUT2D eigenvalue weighted by Crippen LogP contribution is 2.62. The lowest BCUT2D eigenvalue weighted by Crippen LogP contribution is -2.21. The maximum absolute atomic E-state index is 4.59. The van der Waals surface area contributed by atoms with Gasteiger partial charge in [-0.2, -0.15) is 0 Å². The predicted molar refractivity (Wildman–Crippen MR) is 71.3 cm³/mol. The van der Waals surface area contributed by atoms with Crippen LogP contribution in [0.4, 0.5) is 0 Å². The number of nitrogens with zero attached hydrogens (tertiary/aromatic N) is 2. The smallest absolute Gasteiger partial charge is 0.193 e. The van der Waals surface area contributed by atoms with Gasteiger partial charge in [0.15, 0.2) is 4.96 Å². The molecule has 1 N–H and O–H groups in total. The maximum Gasteiger partial charge on any atom is 0.193 e. The fraction of sp³-hybridized carbons (Fsp3) is 0.615. The molecule has 0 spiro atoms. The van der Waals surface area contributed by atoms with Crippen molar-refractivity contribution in [2.24, 2.45) is 10.8 Å². The second-order valence-electron chi connectivity index (χ2n) is 6.08. The molecule has 17 heavy (non-hydrogen) atoms. The topological polar surface area (TPSA) is 29.3 Å². The van der Waals surface area contributed by atoms with Crippen molar-refractivity contribution in [3.05, 3.63) is 23.5 Å². The summed E-state index contributed by atoms with van der Waals surface area (Å²) < 4.78 is 2.09. The fourth-order valence-corrected chi connectivity index (χ4v) is 3.49. The second-order valence-corrected chi connectivity index (χ2v) is 6.96. The molecule has 0 bridgehead atoms. The molecule has 1 fully saturated rings. The van der Waals surface area contributed by atoms with Crippen LogP contribution in [0.5, 0.6) is 0 Å². The Balaban J connectivity index is 1.68. The summed E-state index contributed by atoms with van der Waals surface area (Å²) in [7, 11) is 0. The molecule has 1 aliphatic carbocycles. The third kappa shape index (κ3) is 1.54. The van der Waals surface area contributed by atoms with Gasteiger partial charge in [-0.05, 0) is 10.8 Å². The number of fused-ring (bicyclic) bond motifs is 1. The minimum Gasteiger partial charge on any atom is -0.307 e. The van der Waals surface area contributed by atoms with Crippen LogP contribution in [0.1, 0.15) is 33.4 Å². The molecule has 0 aromatic carbocycles. The zero-order valence-electron chi connectivity index (χ0n) is 10.8. The lowest BCUT2D eigenvalue weighted by molar-refractivity contribution is 0.457. The minimum absolute atomic E-state index is 0.393. The van der Waals surface area contributed by atoms with E-state index in [-0.39, 0.29) is 0 Å². The van der Waals surface area contributed by atoms with Crippen molar-refractivity contribution in [2.45, 2.75) is 40.3 Å². The van der Waals surface area contributed by atoms with Gasteiger partial charge in [-0.25, -0.2) is 4.98 Å². The Morgan fingerprint density at radius 2 is 2.06 bits per heavy atom. The molecule has 0 atom stereocenters. The van der Waals surface area contributed by atoms with Gasteiger partial charge in [0.2, 0.25) is 0 Å². The molecule has 0 saturated heterocycles. The van der Waals surface area contributed by atoms with Crippen LogP contribution in [0.15, 0.2) is 17.8 Å². The number of aromatic nitrogens is 2.